The monoisotopic (exact) mass is 374 g/mol. The SMILES string of the molecule is CCCOC1(C(=O)Nc2ccc(OCCCN3CCCC3)cc2)CCCC1. The molecule has 2 fully saturated rings. The number of hydrogen-bond acceptors (Lipinski definition) is 4. The summed E-state index contributed by atoms with van der Waals surface area (Å²) >= 11 is 0. The van der Waals surface area contributed by atoms with Crippen molar-refractivity contribution in [2.24, 2.45) is 0 Å². The van der Waals surface area contributed by atoms with Gasteiger partial charge in [-0.1, -0.05) is 6.92 Å². The average Bonchev–Trinajstić information content (AvgIpc) is 3.37. The zero-order valence-corrected chi connectivity index (χ0v) is 16.7. The Morgan fingerprint density at radius 3 is 2.44 bits per heavy atom. The Kier molecular flexibility index (Phi) is 7.53. The van der Waals surface area contributed by atoms with Crippen molar-refractivity contribution in [2.45, 2.75) is 63.9 Å². The van der Waals surface area contributed by atoms with Crippen LogP contribution in [0.25, 0.3) is 0 Å². The first-order valence-electron chi connectivity index (χ1n) is 10.6. The minimum Gasteiger partial charge on any atom is -0.494 e. The summed E-state index contributed by atoms with van der Waals surface area (Å²) < 4.78 is 11.8. The normalized spacial score (nSPS) is 19.3. The van der Waals surface area contributed by atoms with Gasteiger partial charge >= 0.3 is 0 Å². The second-order valence-corrected chi connectivity index (χ2v) is 7.78. The predicted molar refractivity (Wildman–Crippen MR) is 108 cm³/mol. The molecule has 3 rings (SSSR count). The Hall–Kier alpha value is -1.59. The van der Waals surface area contributed by atoms with E-state index in [2.05, 4.69) is 17.1 Å². The third kappa shape index (κ3) is 5.69. The molecule has 2 aliphatic rings. The van der Waals surface area contributed by atoms with E-state index >= 15 is 0 Å². The van der Waals surface area contributed by atoms with Crippen molar-refractivity contribution in [3.63, 3.8) is 0 Å². The molecule has 5 nitrogen and oxygen atoms in total. The molecule has 1 saturated heterocycles. The van der Waals surface area contributed by atoms with E-state index in [1.807, 2.05) is 24.3 Å². The molecule has 1 amide bonds. The lowest BCUT2D eigenvalue weighted by molar-refractivity contribution is -0.140. The van der Waals surface area contributed by atoms with Gasteiger partial charge in [-0.25, -0.2) is 0 Å². The third-order valence-electron chi connectivity index (χ3n) is 5.61. The maximum Gasteiger partial charge on any atom is 0.256 e. The van der Waals surface area contributed by atoms with Crippen molar-refractivity contribution in [1.29, 1.82) is 0 Å². The third-order valence-corrected chi connectivity index (χ3v) is 5.61. The molecule has 5 heteroatoms. The van der Waals surface area contributed by atoms with Gasteiger partial charge in [0.2, 0.25) is 0 Å². The molecule has 150 valence electrons. The number of nitrogens with one attached hydrogen (secondary N) is 1. The van der Waals surface area contributed by atoms with E-state index in [0.717, 1.165) is 63.1 Å². The summed E-state index contributed by atoms with van der Waals surface area (Å²) in [7, 11) is 0. The lowest BCUT2D eigenvalue weighted by atomic mass is 10.0. The molecule has 1 aliphatic heterocycles. The Bertz CT molecular complexity index is 576. The van der Waals surface area contributed by atoms with Crippen molar-refractivity contribution in [2.75, 3.05) is 38.2 Å². The summed E-state index contributed by atoms with van der Waals surface area (Å²) in [5, 5.41) is 3.04. The van der Waals surface area contributed by atoms with Crippen molar-refractivity contribution >= 4 is 11.6 Å². The second-order valence-electron chi connectivity index (χ2n) is 7.78. The van der Waals surface area contributed by atoms with E-state index in [4.69, 9.17) is 9.47 Å². The highest BCUT2D eigenvalue weighted by atomic mass is 16.5. The number of benzene rings is 1. The summed E-state index contributed by atoms with van der Waals surface area (Å²) in [6.45, 7) is 7.03. The van der Waals surface area contributed by atoms with Gasteiger partial charge in [0.05, 0.1) is 6.61 Å². The van der Waals surface area contributed by atoms with Gasteiger partial charge in [-0.05, 0) is 88.7 Å². The number of nitrogens with zero attached hydrogens (tertiary/aromatic N) is 1. The first-order chi connectivity index (χ1) is 13.2. The summed E-state index contributed by atoms with van der Waals surface area (Å²) in [5.41, 5.74) is 0.164. The fourth-order valence-electron chi connectivity index (χ4n) is 4.04. The predicted octanol–water partition coefficient (Wildman–Crippen LogP) is 4.23. The average molecular weight is 375 g/mol. The van der Waals surface area contributed by atoms with Crippen LogP contribution in [0, 0.1) is 0 Å². The molecular formula is C22H34N2O3. The van der Waals surface area contributed by atoms with E-state index in [1.54, 1.807) is 0 Å². The van der Waals surface area contributed by atoms with Gasteiger partial charge in [-0.2, -0.15) is 0 Å². The van der Waals surface area contributed by atoms with Crippen molar-refractivity contribution < 1.29 is 14.3 Å². The molecule has 27 heavy (non-hydrogen) atoms. The summed E-state index contributed by atoms with van der Waals surface area (Å²) in [6, 6.07) is 7.69. The van der Waals surface area contributed by atoms with E-state index in [-0.39, 0.29) is 5.91 Å². The lowest BCUT2D eigenvalue weighted by Crippen LogP contribution is -2.43. The zero-order chi connectivity index (χ0) is 19.0. The quantitative estimate of drug-likeness (QED) is 0.623. The number of likely N-dealkylation sites (tertiary alicyclic amines) is 1. The number of amides is 1. The largest absolute Gasteiger partial charge is 0.494 e. The van der Waals surface area contributed by atoms with Gasteiger partial charge in [0.1, 0.15) is 11.4 Å². The summed E-state index contributed by atoms with van der Waals surface area (Å²) in [5.74, 6) is 0.847. The van der Waals surface area contributed by atoms with Crippen LogP contribution < -0.4 is 10.1 Å². The molecule has 1 aliphatic carbocycles. The highest BCUT2D eigenvalue weighted by Gasteiger charge is 2.42. The zero-order valence-electron chi connectivity index (χ0n) is 16.7. The molecule has 0 bridgehead atoms. The van der Waals surface area contributed by atoms with Gasteiger partial charge < -0.3 is 19.7 Å². The lowest BCUT2D eigenvalue weighted by Gasteiger charge is -2.28. The molecule has 0 radical (unpaired) electrons. The maximum absolute atomic E-state index is 12.8. The Morgan fingerprint density at radius 1 is 1.07 bits per heavy atom. The second kappa shape index (κ2) is 10.1. The van der Waals surface area contributed by atoms with E-state index in [1.165, 1.54) is 25.9 Å². The van der Waals surface area contributed by atoms with Crippen LogP contribution in [0.4, 0.5) is 5.69 Å². The molecule has 1 N–H and O–H groups in total. The van der Waals surface area contributed by atoms with Crippen LogP contribution in [-0.2, 0) is 9.53 Å². The molecular weight excluding hydrogens is 340 g/mol. The minimum absolute atomic E-state index is 0.00673. The highest BCUT2D eigenvalue weighted by Crippen LogP contribution is 2.34. The van der Waals surface area contributed by atoms with Crippen LogP contribution in [-0.4, -0.2) is 49.3 Å². The van der Waals surface area contributed by atoms with E-state index in [9.17, 15) is 4.79 Å². The topological polar surface area (TPSA) is 50.8 Å². The van der Waals surface area contributed by atoms with Crippen LogP contribution in [0.3, 0.4) is 0 Å². The minimum atomic E-state index is -0.638. The fraction of sp³-hybridized carbons (Fsp3) is 0.682. The first kappa shape index (κ1) is 20.2. The smallest absolute Gasteiger partial charge is 0.256 e. The van der Waals surface area contributed by atoms with Gasteiger partial charge in [-0.15, -0.1) is 0 Å². The summed E-state index contributed by atoms with van der Waals surface area (Å²) in [4.78, 5) is 15.3. The van der Waals surface area contributed by atoms with Crippen LogP contribution >= 0.6 is 0 Å². The highest BCUT2D eigenvalue weighted by molar-refractivity contribution is 5.97. The number of hydrogen-bond donors (Lipinski definition) is 1. The first-order valence-corrected chi connectivity index (χ1v) is 10.6. The maximum atomic E-state index is 12.8. The van der Waals surface area contributed by atoms with Crippen molar-refractivity contribution in [1.82, 2.24) is 4.90 Å². The van der Waals surface area contributed by atoms with Gasteiger partial charge in [0.25, 0.3) is 5.91 Å². The van der Waals surface area contributed by atoms with Crippen LogP contribution in [0.15, 0.2) is 24.3 Å². The summed E-state index contributed by atoms with van der Waals surface area (Å²) in [6.07, 6.45) is 8.39. The number of anilines is 1. The number of ether oxygens (including phenoxy) is 2. The Labute approximate surface area is 163 Å². The number of rotatable bonds is 10. The van der Waals surface area contributed by atoms with Crippen LogP contribution in [0.1, 0.15) is 58.3 Å². The molecule has 1 aromatic rings. The van der Waals surface area contributed by atoms with Crippen LogP contribution in [0.5, 0.6) is 5.75 Å². The van der Waals surface area contributed by atoms with Crippen LogP contribution in [0.2, 0.25) is 0 Å². The van der Waals surface area contributed by atoms with Crippen molar-refractivity contribution in [3.8, 4) is 5.75 Å². The molecule has 0 spiro atoms. The molecule has 1 saturated carbocycles. The fourth-order valence-corrected chi connectivity index (χ4v) is 4.04. The molecule has 0 unspecified atom stereocenters. The molecule has 1 heterocycles. The molecule has 0 atom stereocenters. The number of carbonyl (C=O) groups excluding carboxylic acids is 1. The standard InChI is InChI=1S/C22H34N2O3/c1-2-17-27-22(12-3-4-13-22)21(25)23-19-8-10-20(11-9-19)26-18-7-16-24-14-5-6-15-24/h8-11H,2-7,12-18H2,1H3,(H,23,25). The van der Waals surface area contributed by atoms with Gasteiger partial charge in [0.15, 0.2) is 0 Å². The van der Waals surface area contributed by atoms with Gasteiger partial charge in [-0.3, -0.25) is 4.79 Å². The van der Waals surface area contributed by atoms with E-state index < -0.39 is 5.60 Å². The molecule has 1 aromatic carbocycles. The Morgan fingerprint density at radius 2 is 1.78 bits per heavy atom. The number of carbonyl (C=O) groups is 1. The van der Waals surface area contributed by atoms with Crippen molar-refractivity contribution in [3.05, 3.63) is 24.3 Å². The molecule has 0 aromatic heterocycles. The van der Waals surface area contributed by atoms with Gasteiger partial charge in [0, 0.05) is 18.8 Å². The Balaban J connectivity index is 1.44. The van der Waals surface area contributed by atoms with E-state index in [0.29, 0.717) is 6.61 Å².